The van der Waals surface area contributed by atoms with Crippen LogP contribution >= 0.6 is 11.8 Å². The van der Waals surface area contributed by atoms with Crippen molar-refractivity contribution in [3.8, 4) is 0 Å². The van der Waals surface area contributed by atoms with E-state index in [1.807, 2.05) is 25.1 Å². The van der Waals surface area contributed by atoms with E-state index in [0.717, 1.165) is 17.9 Å². The van der Waals surface area contributed by atoms with Crippen molar-refractivity contribution in [2.24, 2.45) is 17.3 Å². The lowest BCUT2D eigenvalue weighted by Crippen LogP contribution is -2.63. The quantitative estimate of drug-likeness (QED) is 0.415. The maximum Gasteiger partial charge on any atom is 0.0950 e. The zero-order valence-corrected chi connectivity index (χ0v) is 23.3. The molecule has 5 heteroatoms. The van der Waals surface area contributed by atoms with Crippen LogP contribution in [0, 0.1) is 17.3 Å². The van der Waals surface area contributed by atoms with E-state index in [4.69, 9.17) is 8.83 Å². The standard InChI is InChI=1S/C31H44N2O2S/c1-22-4-6-27(24-9-14-34-16-24)32-19-30(11-8-26(22)32)18-31(36-21-30)13-12-29(3)23(2)5-7-28(33(29)20-31)25-10-15-35-17-25/h9-10,14-17,22-23,26-28H,4-8,11-13,18-21H2,1-3H3/t22-,23-,26+,27+,28+,29+,30+,31+/m1/s1. The van der Waals surface area contributed by atoms with Gasteiger partial charge in [0.2, 0.25) is 0 Å². The van der Waals surface area contributed by atoms with Gasteiger partial charge in [-0.15, -0.1) is 0 Å². The summed E-state index contributed by atoms with van der Waals surface area (Å²) in [6.07, 6.45) is 19.9. The number of furan rings is 2. The second kappa shape index (κ2) is 8.68. The van der Waals surface area contributed by atoms with E-state index in [2.05, 4.69) is 54.5 Å². The van der Waals surface area contributed by atoms with Gasteiger partial charge in [-0.2, -0.15) is 11.8 Å². The van der Waals surface area contributed by atoms with Crippen LogP contribution in [0.1, 0.15) is 102 Å². The smallest absolute Gasteiger partial charge is 0.0950 e. The van der Waals surface area contributed by atoms with Crippen LogP contribution in [-0.2, 0) is 0 Å². The highest BCUT2D eigenvalue weighted by Gasteiger charge is 2.59. The first-order valence-electron chi connectivity index (χ1n) is 14.6. The van der Waals surface area contributed by atoms with Crippen LogP contribution in [0.25, 0.3) is 0 Å². The molecular weight excluding hydrogens is 464 g/mol. The molecule has 196 valence electrons. The Morgan fingerprint density at radius 2 is 1.61 bits per heavy atom. The normalized spacial score (nSPS) is 45.7. The van der Waals surface area contributed by atoms with Gasteiger partial charge in [-0.1, -0.05) is 13.8 Å². The molecule has 0 bridgehead atoms. The third-order valence-electron chi connectivity index (χ3n) is 11.6. The van der Waals surface area contributed by atoms with Gasteiger partial charge in [-0.3, -0.25) is 9.80 Å². The summed E-state index contributed by atoms with van der Waals surface area (Å²) in [7, 11) is 0. The fourth-order valence-electron chi connectivity index (χ4n) is 9.25. The molecule has 5 fully saturated rings. The Labute approximate surface area is 221 Å². The second-order valence-corrected chi connectivity index (χ2v) is 15.0. The summed E-state index contributed by atoms with van der Waals surface area (Å²) in [6.45, 7) is 10.1. The number of thioether (sulfide) groups is 1. The highest BCUT2D eigenvalue weighted by molar-refractivity contribution is 8.01. The number of rotatable bonds is 2. The molecule has 0 aromatic carbocycles. The Morgan fingerprint density at radius 1 is 0.861 bits per heavy atom. The van der Waals surface area contributed by atoms with Crippen LogP contribution in [0.5, 0.6) is 0 Å². The number of fused-ring (bicyclic) bond motifs is 2. The summed E-state index contributed by atoms with van der Waals surface area (Å²) in [4.78, 5) is 5.89. The topological polar surface area (TPSA) is 32.8 Å². The van der Waals surface area contributed by atoms with Crippen molar-refractivity contribution in [2.75, 3.05) is 18.8 Å². The monoisotopic (exact) mass is 508 g/mol. The summed E-state index contributed by atoms with van der Waals surface area (Å²) in [5.74, 6) is 2.92. The summed E-state index contributed by atoms with van der Waals surface area (Å²) >= 11 is 2.35. The number of nitrogens with zero attached hydrogens (tertiary/aromatic N) is 2. The van der Waals surface area contributed by atoms with Gasteiger partial charge in [0.15, 0.2) is 0 Å². The van der Waals surface area contributed by atoms with Crippen molar-refractivity contribution in [1.29, 1.82) is 0 Å². The lowest BCUT2D eigenvalue weighted by Gasteiger charge is -2.60. The Kier molecular flexibility index (Phi) is 5.76. The first-order chi connectivity index (χ1) is 17.4. The number of hydrogen-bond donors (Lipinski definition) is 0. The van der Waals surface area contributed by atoms with Gasteiger partial charge in [0.05, 0.1) is 25.1 Å². The minimum absolute atomic E-state index is 0.314. The van der Waals surface area contributed by atoms with Crippen molar-refractivity contribution < 1.29 is 8.83 Å². The first kappa shape index (κ1) is 23.9. The van der Waals surface area contributed by atoms with E-state index >= 15 is 0 Å². The second-order valence-electron chi connectivity index (χ2n) is 13.6. The van der Waals surface area contributed by atoms with Crippen LogP contribution in [0.2, 0.25) is 0 Å². The highest BCUT2D eigenvalue weighted by Crippen LogP contribution is 2.62. The molecule has 2 aromatic rings. The Balaban J connectivity index is 1.14. The zero-order chi connectivity index (χ0) is 24.5. The summed E-state index contributed by atoms with van der Waals surface area (Å²) in [5, 5.41) is 0. The van der Waals surface area contributed by atoms with Crippen molar-refractivity contribution in [2.45, 2.75) is 107 Å². The van der Waals surface area contributed by atoms with Gasteiger partial charge >= 0.3 is 0 Å². The molecule has 0 amide bonds. The predicted molar refractivity (Wildman–Crippen MR) is 146 cm³/mol. The van der Waals surface area contributed by atoms with Crippen molar-refractivity contribution in [1.82, 2.24) is 9.80 Å². The molecule has 2 spiro atoms. The molecule has 2 aromatic heterocycles. The molecule has 5 saturated heterocycles. The molecule has 7 heterocycles. The number of piperidine rings is 4. The molecular formula is C31H44N2O2S. The van der Waals surface area contributed by atoms with Crippen molar-refractivity contribution in [3.05, 3.63) is 48.3 Å². The molecule has 0 unspecified atom stereocenters. The average Bonchev–Trinajstić information content (AvgIpc) is 3.65. The van der Waals surface area contributed by atoms with Crippen LogP contribution < -0.4 is 0 Å². The summed E-state index contributed by atoms with van der Waals surface area (Å²) < 4.78 is 11.5. The molecule has 7 rings (SSSR count). The van der Waals surface area contributed by atoms with Gasteiger partial charge in [-0.05, 0) is 94.1 Å². The summed E-state index contributed by atoms with van der Waals surface area (Å²) in [5.41, 5.74) is 3.59. The lowest BCUT2D eigenvalue weighted by atomic mass is 9.64. The first-order valence-corrected chi connectivity index (χ1v) is 15.6. The van der Waals surface area contributed by atoms with E-state index in [0.29, 0.717) is 27.8 Å². The summed E-state index contributed by atoms with van der Waals surface area (Å²) in [6, 6.07) is 6.25. The van der Waals surface area contributed by atoms with Gasteiger partial charge < -0.3 is 8.83 Å². The fourth-order valence-corrected chi connectivity index (χ4v) is 11.1. The van der Waals surface area contributed by atoms with Crippen molar-refractivity contribution in [3.63, 3.8) is 0 Å². The predicted octanol–water partition coefficient (Wildman–Crippen LogP) is 7.70. The number of hydrogen-bond acceptors (Lipinski definition) is 5. The fraction of sp³-hybridized carbons (Fsp3) is 0.742. The van der Waals surface area contributed by atoms with Gasteiger partial charge in [0, 0.05) is 58.4 Å². The molecule has 0 saturated carbocycles. The maximum atomic E-state index is 5.57. The molecule has 4 nitrogen and oxygen atoms in total. The van der Waals surface area contributed by atoms with Crippen LogP contribution in [-0.4, -0.2) is 45.0 Å². The minimum atomic E-state index is 0.314. The Hall–Kier alpha value is -1.17. The minimum Gasteiger partial charge on any atom is -0.472 e. The Morgan fingerprint density at radius 3 is 2.36 bits per heavy atom. The SMILES string of the molecule is C[C@@H]1CC[C@@H](c2ccoc2)N2C[C@@]3(CC[C@@H]12)CS[C@@]1(CC[C@@]2(C)[C@H](C)CC[C@@H](c4ccoc4)N2C1)C3. The van der Waals surface area contributed by atoms with Gasteiger partial charge in [0.1, 0.15) is 0 Å². The molecule has 5 aliphatic heterocycles. The van der Waals surface area contributed by atoms with E-state index in [-0.39, 0.29) is 0 Å². The Bertz CT molecular complexity index is 1050. The van der Waals surface area contributed by atoms with Crippen LogP contribution in [0.4, 0.5) is 0 Å². The average molecular weight is 509 g/mol. The molecule has 8 atom stereocenters. The van der Waals surface area contributed by atoms with Crippen molar-refractivity contribution >= 4 is 11.8 Å². The third kappa shape index (κ3) is 3.70. The molecule has 0 aliphatic carbocycles. The molecule has 5 aliphatic rings. The lowest BCUT2D eigenvalue weighted by molar-refractivity contribution is -0.0767. The van der Waals surface area contributed by atoms with E-state index < -0.39 is 0 Å². The molecule has 36 heavy (non-hydrogen) atoms. The van der Waals surface area contributed by atoms with Crippen LogP contribution in [0.3, 0.4) is 0 Å². The van der Waals surface area contributed by atoms with E-state index in [9.17, 15) is 0 Å². The molecule has 0 N–H and O–H groups in total. The largest absolute Gasteiger partial charge is 0.472 e. The highest BCUT2D eigenvalue weighted by atomic mass is 32.2. The van der Waals surface area contributed by atoms with E-state index in [1.165, 1.54) is 87.8 Å². The zero-order valence-electron chi connectivity index (χ0n) is 22.5. The van der Waals surface area contributed by atoms with Gasteiger partial charge in [0.25, 0.3) is 0 Å². The van der Waals surface area contributed by atoms with Gasteiger partial charge in [-0.25, -0.2) is 0 Å². The van der Waals surface area contributed by atoms with Crippen LogP contribution in [0.15, 0.2) is 46.0 Å². The molecule has 0 radical (unpaired) electrons. The maximum absolute atomic E-state index is 5.57. The third-order valence-corrected chi connectivity index (χ3v) is 13.5. The van der Waals surface area contributed by atoms with E-state index in [1.54, 1.807) is 0 Å².